The van der Waals surface area contributed by atoms with Crippen LogP contribution >= 0.6 is 0 Å². The van der Waals surface area contributed by atoms with Gasteiger partial charge < -0.3 is 9.47 Å². The molecule has 0 saturated carbocycles. The highest BCUT2D eigenvalue weighted by Crippen LogP contribution is 2.10. The monoisotopic (exact) mass is 273 g/mol. The van der Waals surface area contributed by atoms with Gasteiger partial charge in [0.25, 0.3) is 0 Å². The first-order valence-corrected chi connectivity index (χ1v) is 7.32. The quantitative estimate of drug-likeness (QED) is 0.727. The molecule has 0 aliphatic carbocycles. The smallest absolute Gasteiger partial charge is 0.234 e. The Morgan fingerprint density at radius 1 is 1.11 bits per heavy atom. The zero-order valence-corrected chi connectivity index (χ0v) is 11.5. The molecule has 1 rings (SSSR count). The highest BCUT2D eigenvalue weighted by Gasteiger charge is 2.09. The minimum Gasteiger partial charge on any atom is -0.382 e. The van der Waals surface area contributed by atoms with Crippen LogP contribution in [0.15, 0.2) is 24.3 Å². The number of methoxy groups -OCH3 is 1. The molecule has 0 bridgehead atoms. The molecule has 0 radical (unpaired) electrons. The fourth-order valence-electron chi connectivity index (χ4n) is 1.27. The summed E-state index contributed by atoms with van der Waals surface area (Å²) in [5.41, 5.74) is 1.65. The lowest BCUT2D eigenvalue weighted by Gasteiger charge is -2.08. The predicted molar refractivity (Wildman–Crippen MR) is 71.3 cm³/mol. The Morgan fingerprint density at radius 3 is 2.39 bits per heavy atom. The topological polar surface area (TPSA) is 64.6 Å². The highest BCUT2D eigenvalue weighted by molar-refractivity contribution is 7.92. The Hall–Kier alpha value is -1.11. The van der Waals surface area contributed by atoms with Gasteiger partial charge in [0.1, 0.15) is 0 Å². The lowest BCUT2D eigenvalue weighted by Crippen LogP contribution is -2.20. The SMILES string of the molecule is COCCOCCS(=O)(=O)Nc1ccc(C)cc1. The van der Waals surface area contributed by atoms with E-state index in [1.165, 1.54) is 0 Å². The summed E-state index contributed by atoms with van der Waals surface area (Å²) in [6.07, 6.45) is 0. The van der Waals surface area contributed by atoms with Crippen LogP contribution in [0.3, 0.4) is 0 Å². The summed E-state index contributed by atoms with van der Waals surface area (Å²) in [6, 6.07) is 7.18. The molecular weight excluding hydrogens is 254 g/mol. The molecule has 0 fully saturated rings. The van der Waals surface area contributed by atoms with Gasteiger partial charge in [0.15, 0.2) is 0 Å². The minimum atomic E-state index is -3.35. The molecular formula is C12H19NO4S. The van der Waals surface area contributed by atoms with Crippen LogP contribution in [0.25, 0.3) is 0 Å². The molecule has 102 valence electrons. The molecule has 5 nitrogen and oxygen atoms in total. The van der Waals surface area contributed by atoms with Crippen LogP contribution in [0.1, 0.15) is 5.56 Å². The second-order valence-corrected chi connectivity index (χ2v) is 5.73. The Balaban J connectivity index is 2.37. The van der Waals surface area contributed by atoms with Crippen molar-refractivity contribution in [2.24, 2.45) is 0 Å². The second-order valence-electron chi connectivity index (χ2n) is 3.89. The van der Waals surface area contributed by atoms with Crippen LogP contribution in [0, 0.1) is 6.92 Å². The summed E-state index contributed by atoms with van der Waals surface area (Å²) in [6.45, 7) is 2.97. The minimum absolute atomic E-state index is 0.0649. The van der Waals surface area contributed by atoms with Gasteiger partial charge in [-0.05, 0) is 19.1 Å². The van der Waals surface area contributed by atoms with E-state index in [0.29, 0.717) is 18.9 Å². The van der Waals surface area contributed by atoms with Gasteiger partial charge in [-0.15, -0.1) is 0 Å². The van der Waals surface area contributed by atoms with Gasteiger partial charge in [-0.1, -0.05) is 17.7 Å². The van der Waals surface area contributed by atoms with Gasteiger partial charge in [0.05, 0.1) is 25.6 Å². The standard InChI is InChI=1S/C12H19NO4S/c1-11-3-5-12(6-4-11)13-18(14,15)10-9-17-8-7-16-2/h3-6,13H,7-10H2,1-2H3. The van der Waals surface area contributed by atoms with Crippen LogP contribution < -0.4 is 4.72 Å². The van der Waals surface area contributed by atoms with E-state index >= 15 is 0 Å². The summed E-state index contributed by atoms with van der Waals surface area (Å²) < 4.78 is 35.8. The molecule has 1 aromatic rings. The second kappa shape index (κ2) is 7.35. The molecule has 0 spiro atoms. The summed E-state index contributed by atoms with van der Waals surface area (Å²) >= 11 is 0. The van der Waals surface area contributed by atoms with Gasteiger partial charge in [-0.25, -0.2) is 8.42 Å². The number of benzene rings is 1. The third-order valence-electron chi connectivity index (χ3n) is 2.25. The number of nitrogens with one attached hydrogen (secondary N) is 1. The Morgan fingerprint density at radius 2 is 1.78 bits per heavy atom. The van der Waals surface area contributed by atoms with Gasteiger partial charge in [0, 0.05) is 12.8 Å². The van der Waals surface area contributed by atoms with Crippen LogP contribution in [0.4, 0.5) is 5.69 Å². The number of ether oxygens (including phenoxy) is 2. The first kappa shape index (κ1) is 14.9. The fraction of sp³-hybridized carbons (Fsp3) is 0.500. The summed E-state index contributed by atoms with van der Waals surface area (Å²) in [4.78, 5) is 0. The summed E-state index contributed by atoms with van der Waals surface area (Å²) in [5, 5.41) is 0. The largest absolute Gasteiger partial charge is 0.382 e. The Kier molecular flexibility index (Phi) is 6.11. The van der Waals surface area contributed by atoms with E-state index < -0.39 is 10.0 Å². The van der Waals surface area contributed by atoms with Crippen molar-refractivity contribution in [3.05, 3.63) is 29.8 Å². The van der Waals surface area contributed by atoms with Crippen LogP contribution in [-0.4, -0.2) is 41.1 Å². The Labute approximate surface area is 108 Å². The highest BCUT2D eigenvalue weighted by atomic mass is 32.2. The number of hydrogen-bond acceptors (Lipinski definition) is 4. The van der Waals surface area contributed by atoms with Gasteiger partial charge in [-0.3, -0.25) is 4.72 Å². The van der Waals surface area contributed by atoms with E-state index in [4.69, 9.17) is 9.47 Å². The van der Waals surface area contributed by atoms with Crippen molar-refractivity contribution in [2.45, 2.75) is 6.92 Å². The number of aryl methyl sites for hydroxylation is 1. The van der Waals surface area contributed by atoms with Gasteiger partial charge >= 0.3 is 0 Å². The average molecular weight is 273 g/mol. The van der Waals surface area contributed by atoms with Crippen molar-refractivity contribution in [1.82, 2.24) is 0 Å². The zero-order chi connectivity index (χ0) is 13.4. The van der Waals surface area contributed by atoms with Crippen molar-refractivity contribution in [3.63, 3.8) is 0 Å². The van der Waals surface area contributed by atoms with Gasteiger partial charge in [0.2, 0.25) is 10.0 Å². The van der Waals surface area contributed by atoms with Crippen LogP contribution in [-0.2, 0) is 19.5 Å². The van der Waals surface area contributed by atoms with Gasteiger partial charge in [-0.2, -0.15) is 0 Å². The maximum absolute atomic E-state index is 11.7. The molecule has 1 N–H and O–H groups in total. The number of sulfonamides is 1. The summed E-state index contributed by atoms with van der Waals surface area (Å²) in [5.74, 6) is -0.0649. The third-order valence-corrected chi connectivity index (χ3v) is 3.50. The molecule has 18 heavy (non-hydrogen) atoms. The molecule has 0 saturated heterocycles. The first-order chi connectivity index (χ1) is 8.53. The molecule has 0 amide bonds. The average Bonchev–Trinajstić information content (AvgIpc) is 2.31. The molecule has 6 heteroatoms. The molecule has 0 aliphatic heterocycles. The van der Waals surface area contributed by atoms with E-state index in [1.807, 2.05) is 19.1 Å². The van der Waals surface area contributed by atoms with Crippen molar-refractivity contribution in [3.8, 4) is 0 Å². The van der Waals surface area contributed by atoms with Crippen molar-refractivity contribution >= 4 is 15.7 Å². The van der Waals surface area contributed by atoms with E-state index in [9.17, 15) is 8.42 Å². The van der Waals surface area contributed by atoms with E-state index in [2.05, 4.69) is 4.72 Å². The molecule has 0 unspecified atom stereocenters. The maximum Gasteiger partial charge on any atom is 0.234 e. The van der Waals surface area contributed by atoms with E-state index in [0.717, 1.165) is 5.56 Å². The predicted octanol–water partition coefficient (Wildman–Crippen LogP) is 1.40. The van der Waals surface area contributed by atoms with Crippen molar-refractivity contribution in [2.75, 3.05) is 37.4 Å². The molecule has 0 aliphatic rings. The number of anilines is 1. The van der Waals surface area contributed by atoms with Crippen molar-refractivity contribution in [1.29, 1.82) is 0 Å². The molecule has 0 heterocycles. The molecule has 0 aromatic heterocycles. The Bertz CT molecular complexity index is 442. The van der Waals surface area contributed by atoms with Crippen LogP contribution in [0.2, 0.25) is 0 Å². The van der Waals surface area contributed by atoms with Crippen molar-refractivity contribution < 1.29 is 17.9 Å². The molecule has 1 aromatic carbocycles. The first-order valence-electron chi connectivity index (χ1n) is 5.67. The van der Waals surface area contributed by atoms with E-state index in [-0.39, 0.29) is 12.4 Å². The van der Waals surface area contributed by atoms with E-state index in [1.54, 1.807) is 19.2 Å². The number of rotatable bonds is 8. The normalized spacial score (nSPS) is 11.4. The zero-order valence-electron chi connectivity index (χ0n) is 10.7. The third kappa shape index (κ3) is 6.00. The summed E-state index contributed by atoms with van der Waals surface area (Å²) in [7, 11) is -1.78. The van der Waals surface area contributed by atoms with Crippen LogP contribution in [0.5, 0.6) is 0 Å². The maximum atomic E-state index is 11.7. The molecule has 0 atom stereocenters. The fourth-order valence-corrected chi connectivity index (χ4v) is 2.20. The lowest BCUT2D eigenvalue weighted by atomic mass is 10.2. The lowest BCUT2D eigenvalue weighted by molar-refractivity contribution is 0.0785. The number of hydrogen-bond donors (Lipinski definition) is 1.